The maximum atomic E-state index is 11.0. The molecule has 0 atom stereocenters. The summed E-state index contributed by atoms with van der Waals surface area (Å²) in [6.45, 7) is -1.66. The predicted molar refractivity (Wildman–Crippen MR) is 66.0 cm³/mol. The molecule has 5 N–H and O–H groups in total. The van der Waals surface area contributed by atoms with Gasteiger partial charge in [0.25, 0.3) is 0 Å². The van der Waals surface area contributed by atoms with E-state index in [0.717, 1.165) is 0 Å². The molecule has 100 valence electrons. The largest absolute Gasteiger partial charge is 0.478 e. The monoisotopic (exact) mass is 275 g/mol. The van der Waals surface area contributed by atoms with Crippen LogP contribution in [-0.4, -0.2) is 51.8 Å². The number of aliphatic hydroxyl groups is 3. The third kappa shape index (κ3) is 3.11. The van der Waals surface area contributed by atoms with Gasteiger partial charge in [0.1, 0.15) is 5.54 Å². The molecule has 0 bridgehead atoms. The average molecular weight is 276 g/mol. The molecule has 0 heterocycles. The molecule has 0 fully saturated rings. The molecular weight excluding hydrogens is 262 g/mol. The maximum Gasteiger partial charge on any atom is 0.337 e. The Kier molecular flexibility index (Phi) is 4.92. The highest BCUT2D eigenvalue weighted by Crippen LogP contribution is 2.23. The number of carbonyl (C=O) groups is 1. The fourth-order valence-electron chi connectivity index (χ4n) is 1.36. The minimum atomic E-state index is -1.39. The summed E-state index contributed by atoms with van der Waals surface area (Å²) in [5.41, 5.74) is -1.34. The van der Waals surface area contributed by atoms with Crippen LogP contribution in [0.25, 0.3) is 0 Å². The number of carboxylic acids is 1. The van der Waals surface area contributed by atoms with Crippen LogP contribution >= 0.6 is 11.6 Å². The van der Waals surface area contributed by atoms with E-state index in [9.17, 15) is 4.79 Å². The number of nitrogens with one attached hydrogen (secondary N) is 1. The average Bonchev–Trinajstić information content (AvgIpc) is 2.37. The summed E-state index contributed by atoms with van der Waals surface area (Å²) in [7, 11) is 0. The lowest BCUT2D eigenvalue weighted by atomic mass is 10.0. The molecule has 1 rings (SSSR count). The van der Waals surface area contributed by atoms with E-state index >= 15 is 0 Å². The molecule has 0 amide bonds. The second-order valence-electron chi connectivity index (χ2n) is 3.87. The van der Waals surface area contributed by atoms with Crippen LogP contribution in [0.15, 0.2) is 18.2 Å². The van der Waals surface area contributed by atoms with Crippen molar-refractivity contribution in [1.29, 1.82) is 0 Å². The first kappa shape index (κ1) is 14.7. The van der Waals surface area contributed by atoms with Crippen LogP contribution in [0.5, 0.6) is 0 Å². The van der Waals surface area contributed by atoms with E-state index in [1.165, 1.54) is 18.2 Å². The number of rotatable bonds is 6. The molecule has 0 spiro atoms. The van der Waals surface area contributed by atoms with Gasteiger partial charge in [-0.3, -0.25) is 0 Å². The number of benzene rings is 1. The number of hydrogen-bond acceptors (Lipinski definition) is 5. The van der Waals surface area contributed by atoms with Crippen molar-refractivity contribution in [1.82, 2.24) is 0 Å². The highest BCUT2D eigenvalue weighted by molar-refractivity contribution is 6.31. The molecule has 0 aliphatic rings. The Hall–Kier alpha value is -1.34. The summed E-state index contributed by atoms with van der Waals surface area (Å²) in [6.07, 6.45) is 0. The molecule has 7 heteroatoms. The third-order valence-corrected chi connectivity index (χ3v) is 2.75. The van der Waals surface area contributed by atoms with Gasteiger partial charge in [0.05, 0.1) is 25.4 Å². The van der Waals surface area contributed by atoms with E-state index in [-0.39, 0.29) is 16.3 Å². The molecule has 6 nitrogen and oxygen atoms in total. The first-order valence-electron chi connectivity index (χ1n) is 5.11. The number of hydrogen-bond donors (Lipinski definition) is 5. The summed E-state index contributed by atoms with van der Waals surface area (Å²) in [5.74, 6) is -1.21. The van der Waals surface area contributed by atoms with Gasteiger partial charge < -0.3 is 25.7 Å². The van der Waals surface area contributed by atoms with Crippen molar-refractivity contribution >= 4 is 23.3 Å². The Morgan fingerprint density at radius 1 is 1.22 bits per heavy atom. The smallest absolute Gasteiger partial charge is 0.337 e. The molecule has 1 aromatic rings. The minimum Gasteiger partial charge on any atom is -0.478 e. The number of aliphatic hydroxyl groups excluding tert-OH is 3. The summed E-state index contributed by atoms with van der Waals surface area (Å²) in [6, 6.07) is 4.11. The Labute approximate surface area is 108 Å². The van der Waals surface area contributed by atoms with Gasteiger partial charge in [0, 0.05) is 10.7 Å². The van der Waals surface area contributed by atoms with Crippen molar-refractivity contribution in [3.63, 3.8) is 0 Å². The van der Waals surface area contributed by atoms with E-state index in [2.05, 4.69) is 5.32 Å². The van der Waals surface area contributed by atoms with E-state index in [4.69, 9.17) is 32.0 Å². The Morgan fingerprint density at radius 2 is 1.78 bits per heavy atom. The molecule has 0 saturated carbocycles. The van der Waals surface area contributed by atoms with Crippen LogP contribution in [0, 0.1) is 0 Å². The zero-order valence-electron chi connectivity index (χ0n) is 9.43. The molecule has 0 unspecified atom stereocenters. The SMILES string of the molecule is O=C(O)c1cc(Cl)ccc1NC(CO)(CO)CO. The van der Waals surface area contributed by atoms with Crippen molar-refractivity contribution < 1.29 is 25.2 Å². The summed E-state index contributed by atoms with van der Waals surface area (Å²) in [5, 5.41) is 39.4. The van der Waals surface area contributed by atoms with Gasteiger partial charge >= 0.3 is 5.97 Å². The Morgan fingerprint density at radius 3 is 2.22 bits per heavy atom. The minimum absolute atomic E-state index is 0.109. The zero-order chi connectivity index (χ0) is 13.8. The van der Waals surface area contributed by atoms with E-state index in [0.29, 0.717) is 0 Å². The van der Waals surface area contributed by atoms with E-state index in [1.807, 2.05) is 0 Å². The standard InChI is InChI=1S/C11H14ClNO5/c12-7-1-2-9(8(3-7)10(17)18)13-11(4-14,5-15)6-16/h1-3,13-16H,4-6H2,(H,17,18). The molecule has 1 aromatic carbocycles. The third-order valence-electron chi connectivity index (χ3n) is 2.52. The van der Waals surface area contributed by atoms with Crippen LogP contribution in [-0.2, 0) is 0 Å². The highest BCUT2D eigenvalue weighted by atomic mass is 35.5. The van der Waals surface area contributed by atoms with E-state index in [1.54, 1.807) is 0 Å². The van der Waals surface area contributed by atoms with Crippen molar-refractivity contribution in [3.05, 3.63) is 28.8 Å². The molecule has 0 aliphatic carbocycles. The Balaban J connectivity index is 3.13. The second-order valence-corrected chi connectivity index (χ2v) is 4.31. The first-order chi connectivity index (χ1) is 8.48. The summed E-state index contributed by atoms with van der Waals surface area (Å²) < 4.78 is 0. The lowest BCUT2D eigenvalue weighted by molar-refractivity contribution is 0.0692. The van der Waals surface area contributed by atoms with Gasteiger partial charge in [-0.15, -0.1) is 0 Å². The number of aromatic carboxylic acids is 1. The van der Waals surface area contributed by atoms with Crippen molar-refractivity contribution in [2.75, 3.05) is 25.1 Å². The van der Waals surface area contributed by atoms with Crippen molar-refractivity contribution in [3.8, 4) is 0 Å². The Bertz CT molecular complexity index is 425. The fraction of sp³-hybridized carbons (Fsp3) is 0.364. The second kappa shape index (κ2) is 6.01. The normalized spacial score (nSPS) is 11.3. The topological polar surface area (TPSA) is 110 Å². The summed E-state index contributed by atoms with van der Waals surface area (Å²) >= 11 is 5.69. The first-order valence-corrected chi connectivity index (χ1v) is 5.49. The number of anilines is 1. The van der Waals surface area contributed by atoms with Crippen molar-refractivity contribution in [2.45, 2.75) is 5.54 Å². The van der Waals surface area contributed by atoms with E-state index < -0.39 is 31.3 Å². The van der Waals surface area contributed by atoms with Crippen molar-refractivity contribution in [2.24, 2.45) is 0 Å². The number of carboxylic acid groups (broad SMARTS) is 1. The van der Waals surface area contributed by atoms with Gasteiger partial charge in [-0.25, -0.2) is 4.79 Å². The molecule has 18 heavy (non-hydrogen) atoms. The molecular formula is C11H14ClNO5. The fourth-order valence-corrected chi connectivity index (χ4v) is 1.53. The summed E-state index contributed by atoms with van der Waals surface area (Å²) in [4.78, 5) is 11.0. The highest BCUT2D eigenvalue weighted by Gasteiger charge is 2.29. The van der Waals surface area contributed by atoms with Crippen LogP contribution in [0.3, 0.4) is 0 Å². The van der Waals surface area contributed by atoms with Gasteiger partial charge in [0.15, 0.2) is 0 Å². The van der Waals surface area contributed by atoms with Gasteiger partial charge in [-0.05, 0) is 18.2 Å². The number of halogens is 1. The zero-order valence-corrected chi connectivity index (χ0v) is 10.2. The molecule has 0 aliphatic heterocycles. The molecule has 0 aromatic heterocycles. The predicted octanol–water partition coefficient (Wildman–Crippen LogP) is 0.166. The lowest BCUT2D eigenvalue weighted by Gasteiger charge is -2.30. The molecule has 0 radical (unpaired) electrons. The van der Waals surface area contributed by atoms with Crippen LogP contribution in [0.4, 0.5) is 5.69 Å². The van der Waals surface area contributed by atoms with Gasteiger partial charge in [-0.1, -0.05) is 11.6 Å². The van der Waals surface area contributed by atoms with Crippen LogP contribution < -0.4 is 5.32 Å². The quantitative estimate of drug-likeness (QED) is 0.506. The van der Waals surface area contributed by atoms with Crippen LogP contribution in [0.2, 0.25) is 5.02 Å². The van der Waals surface area contributed by atoms with Gasteiger partial charge in [-0.2, -0.15) is 0 Å². The molecule has 0 saturated heterocycles. The lowest BCUT2D eigenvalue weighted by Crippen LogP contribution is -2.49. The van der Waals surface area contributed by atoms with Gasteiger partial charge in [0.2, 0.25) is 0 Å². The van der Waals surface area contributed by atoms with Crippen LogP contribution in [0.1, 0.15) is 10.4 Å². The maximum absolute atomic E-state index is 11.0.